The third kappa shape index (κ3) is 3.51. The van der Waals surface area contributed by atoms with Crippen molar-refractivity contribution in [3.8, 4) is 0 Å². The molecule has 25 heavy (non-hydrogen) atoms. The predicted octanol–water partition coefficient (Wildman–Crippen LogP) is 2.40. The van der Waals surface area contributed by atoms with Crippen molar-refractivity contribution in [2.75, 3.05) is 25.4 Å². The van der Waals surface area contributed by atoms with Gasteiger partial charge in [-0.05, 0) is 36.5 Å². The van der Waals surface area contributed by atoms with Gasteiger partial charge in [-0.25, -0.2) is 4.98 Å². The van der Waals surface area contributed by atoms with E-state index >= 15 is 0 Å². The summed E-state index contributed by atoms with van der Waals surface area (Å²) in [5.74, 6) is 1.02. The number of hydrogen-bond donors (Lipinski definition) is 1. The summed E-state index contributed by atoms with van der Waals surface area (Å²) in [5, 5.41) is 0. The van der Waals surface area contributed by atoms with Gasteiger partial charge in [0.25, 0.3) is 5.91 Å². The molecule has 2 aromatic rings. The molecule has 0 aliphatic carbocycles. The van der Waals surface area contributed by atoms with Gasteiger partial charge in [-0.2, -0.15) is 0 Å². The van der Waals surface area contributed by atoms with Crippen molar-refractivity contribution in [2.24, 2.45) is 5.92 Å². The molecule has 5 heteroatoms. The minimum atomic E-state index is 0.0764. The lowest BCUT2D eigenvalue weighted by Crippen LogP contribution is -2.43. The van der Waals surface area contributed by atoms with Crippen LogP contribution in [0, 0.1) is 5.92 Å². The largest absolute Gasteiger partial charge is 0.384 e. The molecule has 4 heterocycles. The Kier molecular flexibility index (Phi) is 4.40. The molecule has 2 N–H and O–H groups in total. The average Bonchev–Trinajstić information content (AvgIpc) is 2.94. The van der Waals surface area contributed by atoms with Crippen LogP contribution in [0.2, 0.25) is 0 Å². The first-order valence-corrected chi connectivity index (χ1v) is 8.98. The van der Waals surface area contributed by atoms with E-state index in [1.165, 1.54) is 18.4 Å². The maximum absolute atomic E-state index is 12.9. The number of hydrogen-bond acceptors (Lipinski definition) is 4. The van der Waals surface area contributed by atoms with E-state index in [0.717, 1.165) is 26.2 Å². The van der Waals surface area contributed by atoms with Crippen molar-refractivity contribution in [2.45, 2.75) is 25.4 Å². The molecule has 2 atom stereocenters. The number of fused-ring (bicyclic) bond motifs is 4. The number of nitrogens with zero attached hydrogens (tertiary/aromatic N) is 3. The summed E-state index contributed by atoms with van der Waals surface area (Å²) in [5.41, 5.74) is 7.73. The van der Waals surface area contributed by atoms with Crippen LogP contribution >= 0.6 is 0 Å². The van der Waals surface area contributed by atoms with E-state index in [2.05, 4.69) is 40.2 Å². The van der Waals surface area contributed by atoms with Gasteiger partial charge in [0.1, 0.15) is 5.82 Å². The summed E-state index contributed by atoms with van der Waals surface area (Å²) in [7, 11) is 0. The monoisotopic (exact) mass is 336 g/mol. The lowest BCUT2D eigenvalue weighted by atomic mass is 9.94. The second-order valence-electron chi connectivity index (χ2n) is 7.19. The van der Waals surface area contributed by atoms with Crippen molar-refractivity contribution < 1.29 is 4.79 Å². The molecule has 5 rings (SSSR count). The van der Waals surface area contributed by atoms with E-state index in [1.54, 1.807) is 18.3 Å². The van der Waals surface area contributed by atoms with Crippen molar-refractivity contribution in [3.63, 3.8) is 0 Å². The molecule has 3 fully saturated rings. The summed E-state index contributed by atoms with van der Waals surface area (Å²) < 4.78 is 0. The fraction of sp³-hybridized carbons (Fsp3) is 0.400. The van der Waals surface area contributed by atoms with Crippen LogP contribution in [0.3, 0.4) is 0 Å². The molecule has 1 aromatic heterocycles. The van der Waals surface area contributed by atoms with E-state index in [-0.39, 0.29) is 5.91 Å². The Labute approximate surface area is 148 Å². The maximum atomic E-state index is 12.9. The zero-order valence-electron chi connectivity index (χ0n) is 14.3. The number of nitrogen functional groups attached to an aromatic ring is 1. The lowest BCUT2D eigenvalue weighted by molar-refractivity contribution is 0.0736. The maximum Gasteiger partial charge on any atom is 0.254 e. The average molecular weight is 336 g/mol. The molecule has 3 saturated heterocycles. The van der Waals surface area contributed by atoms with Crippen LogP contribution in [0.1, 0.15) is 28.8 Å². The summed E-state index contributed by atoms with van der Waals surface area (Å²) in [6.07, 6.45) is 3.98. The summed E-state index contributed by atoms with van der Waals surface area (Å²) in [6, 6.07) is 14.5. The van der Waals surface area contributed by atoms with E-state index in [1.807, 2.05) is 4.90 Å². The molecule has 0 spiro atoms. The predicted molar refractivity (Wildman–Crippen MR) is 97.9 cm³/mol. The summed E-state index contributed by atoms with van der Waals surface area (Å²) >= 11 is 0. The van der Waals surface area contributed by atoms with Crippen molar-refractivity contribution in [1.82, 2.24) is 14.8 Å². The van der Waals surface area contributed by atoms with Crippen molar-refractivity contribution in [1.29, 1.82) is 0 Å². The van der Waals surface area contributed by atoms with Gasteiger partial charge in [0.05, 0.1) is 0 Å². The van der Waals surface area contributed by atoms with Gasteiger partial charge in [-0.3, -0.25) is 9.69 Å². The van der Waals surface area contributed by atoms with Crippen LogP contribution in [0.25, 0.3) is 0 Å². The zero-order valence-corrected chi connectivity index (χ0v) is 14.3. The SMILES string of the molecule is Nc1cc(C(=O)N2C[C@@H]3CC[C@H](C2)N(Cc2ccccc2)C3)ccn1. The highest BCUT2D eigenvalue weighted by atomic mass is 16.2. The molecular weight excluding hydrogens is 312 g/mol. The normalized spacial score (nSPS) is 23.4. The Morgan fingerprint density at radius 3 is 2.76 bits per heavy atom. The molecule has 130 valence electrons. The number of rotatable bonds is 3. The van der Waals surface area contributed by atoms with Crippen LogP contribution in [0.15, 0.2) is 48.7 Å². The minimum absolute atomic E-state index is 0.0764. The Morgan fingerprint density at radius 1 is 1.12 bits per heavy atom. The number of anilines is 1. The Morgan fingerprint density at radius 2 is 1.96 bits per heavy atom. The van der Waals surface area contributed by atoms with Crippen LogP contribution < -0.4 is 5.73 Å². The van der Waals surface area contributed by atoms with Crippen LogP contribution in [-0.4, -0.2) is 46.4 Å². The first kappa shape index (κ1) is 16.1. The number of nitrogens with two attached hydrogens (primary N) is 1. The first-order chi connectivity index (χ1) is 12.2. The Hall–Kier alpha value is -2.40. The molecule has 2 bridgehead atoms. The summed E-state index contributed by atoms with van der Waals surface area (Å²) in [6.45, 7) is 3.67. The number of piperidine rings is 1. The summed E-state index contributed by atoms with van der Waals surface area (Å²) in [4.78, 5) is 21.5. The standard InChI is InChI=1S/C20H24N4O/c21-19-10-17(8-9-22-19)20(25)24-13-16-6-7-18(14-24)23(12-16)11-15-4-2-1-3-5-15/h1-5,8-10,16,18H,6-7,11-14H2,(H2,21,22)/t16-,18-/m1/s1. The minimum Gasteiger partial charge on any atom is -0.384 e. The first-order valence-electron chi connectivity index (χ1n) is 8.98. The third-order valence-electron chi connectivity index (χ3n) is 5.37. The number of benzene rings is 1. The number of aromatic nitrogens is 1. The highest BCUT2D eigenvalue weighted by molar-refractivity contribution is 5.94. The fourth-order valence-corrected chi connectivity index (χ4v) is 4.12. The molecule has 3 aliphatic rings. The highest BCUT2D eigenvalue weighted by Gasteiger charge is 2.36. The zero-order chi connectivity index (χ0) is 17.2. The number of pyridine rings is 1. The molecule has 0 saturated carbocycles. The van der Waals surface area contributed by atoms with Gasteiger partial charge in [-0.15, -0.1) is 0 Å². The van der Waals surface area contributed by atoms with Crippen LogP contribution in [0.5, 0.6) is 0 Å². The van der Waals surface area contributed by atoms with Gasteiger partial charge >= 0.3 is 0 Å². The van der Waals surface area contributed by atoms with E-state index in [0.29, 0.717) is 23.3 Å². The topological polar surface area (TPSA) is 62.5 Å². The Bertz CT molecular complexity index is 748. The lowest BCUT2D eigenvalue weighted by Gasteiger charge is -2.36. The molecular formula is C20H24N4O. The number of carbonyl (C=O) groups is 1. The Balaban J connectivity index is 1.50. The number of amides is 1. The van der Waals surface area contributed by atoms with E-state index < -0.39 is 0 Å². The van der Waals surface area contributed by atoms with Crippen molar-refractivity contribution >= 4 is 11.7 Å². The second kappa shape index (κ2) is 6.84. The second-order valence-corrected chi connectivity index (χ2v) is 7.19. The van der Waals surface area contributed by atoms with Crippen molar-refractivity contribution in [3.05, 3.63) is 59.8 Å². The third-order valence-corrected chi connectivity index (χ3v) is 5.37. The molecule has 0 radical (unpaired) electrons. The van der Waals surface area contributed by atoms with Gasteiger partial charge in [-0.1, -0.05) is 30.3 Å². The quantitative estimate of drug-likeness (QED) is 0.935. The molecule has 1 amide bonds. The smallest absolute Gasteiger partial charge is 0.254 e. The fourth-order valence-electron chi connectivity index (χ4n) is 4.12. The van der Waals surface area contributed by atoms with Gasteiger partial charge < -0.3 is 10.6 Å². The highest BCUT2D eigenvalue weighted by Crippen LogP contribution is 2.30. The molecule has 1 aromatic carbocycles. The van der Waals surface area contributed by atoms with E-state index in [4.69, 9.17) is 5.73 Å². The van der Waals surface area contributed by atoms with Gasteiger partial charge in [0.15, 0.2) is 0 Å². The molecule has 3 aliphatic heterocycles. The number of carbonyl (C=O) groups excluding carboxylic acids is 1. The molecule has 0 unspecified atom stereocenters. The van der Waals surface area contributed by atoms with Crippen LogP contribution in [-0.2, 0) is 6.54 Å². The van der Waals surface area contributed by atoms with E-state index in [9.17, 15) is 4.79 Å². The van der Waals surface area contributed by atoms with Crippen LogP contribution in [0.4, 0.5) is 5.82 Å². The van der Waals surface area contributed by atoms with Gasteiger partial charge in [0, 0.05) is 44.0 Å². The van der Waals surface area contributed by atoms with Gasteiger partial charge in [0.2, 0.25) is 0 Å². The molecule has 5 nitrogen and oxygen atoms in total.